The normalized spacial score (nSPS) is 24.4. The van der Waals surface area contributed by atoms with Crippen molar-refractivity contribution in [3.05, 3.63) is 286 Å². The quantitative estimate of drug-likeness (QED) is 0.0231. The number of ether oxygens (including phenoxy) is 15. The molecule has 4 aliphatic rings. The van der Waals surface area contributed by atoms with E-state index in [2.05, 4.69) is 5.32 Å². The van der Waals surface area contributed by atoms with Gasteiger partial charge in [-0.05, 0) is 79.4 Å². The third-order valence-electron chi connectivity index (χ3n) is 18.5. The number of nitrogens with one attached hydrogen (secondary N) is 1. The number of hydrogen-bond acceptors (Lipinski definition) is 27. The molecule has 0 saturated carbocycles. The lowest BCUT2D eigenvalue weighted by molar-refractivity contribution is -0.401. The molecule has 4 aliphatic heterocycles. The van der Waals surface area contributed by atoms with E-state index in [0.29, 0.717) is 27.8 Å². The minimum Gasteiger partial charge on any atom is -0.459 e. The van der Waals surface area contributed by atoms with E-state index in [0.717, 1.165) is 30.5 Å². The molecule has 0 unspecified atom stereocenters. The Bertz CT molecular complexity index is 4450. The van der Waals surface area contributed by atoms with Gasteiger partial charge in [-0.15, -0.1) is 0 Å². The Kier molecular flexibility index (Phi) is 28.6. The van der Waals surface area contributed by atoms with Crippen LogP contribution in [0.2, 0.25) is 0 Å². The van der Waals surface area contributed by atoms with E-state index < -0.39 is 181 Å². The van der Waals surface area contributed by atoms with Gasteiger partial charge in [0.2, 0.25) is 0 Å². The molecule has 29 heteroatoms. The first-order valence-electron chi connectivity index (χ1n) is 36.5. The number of phosphoric ester groups is 1. The molecule has 0 bridgehead atoms. The predicted molar refractivity (Wildman–Crippen MR) is 397 cm³/mol. The molecular weight excluding hydrogens is 1490 g/mol. The lowest BCUT2D eigenvalue weighted by Crippen LogP contribution is -2.69. The summed E-state index contributed by atoms with van der Waals surface area (Å²) in [5.41, 5.74) is 5.19. The zero-order chi connectivity index (χ0) is 79.4. The standard InChI is InChI=1S/C84H86NO27P/c1-51-31-37-60(38-32-51)76(89)107-68-65(43-86)104-83(74(109-78(91)62-41-35-53(3)36-42-62)71(68)108-77(90)61-39-33-52(2)34-40-61)111-72-69-66(49-97-80(110-69)63-29-19-10-20-30-63)105-82(73(72)103-55(5)88)106-67-50-98-81(96-48-64(79(92)95-44-56-21-11-6-12-22-56)85-84(93)99-45-57-23-13-7-14-24-57)75(70(67)102-54(4)87)112-113(94,100-46-58-25-15-8-16-26-58)101-47-59-27-17-9-18-28-59/h6-42,64-75,80-83,86H,43-50H2,1-5H3,(H,85,93)/t64-,65+,66+,67+,68-,69-,70-,71-,72-,73+,74+,75+,80-,81+,82-,83+/m0/s1. The molecule has 2 N–H and O–H groups in total. The summed E-state index contributed by atoms with van der Waals surface area (Å²) in [6.45, 7) is 3.53. The van der Waals surface area contributed by atoms with Gasteiger partial charge in [0.05, 0.1) is 56.3 Å². The molecule has 4 saturated heterocycles. The topological polar surface area (TPSA) is 335 Å². The number of amides is 1. The van der Waals surface area contributed by atoms with Gasteiger partial charge in [-0.1, -0.05) is 205 Å². The van der Waals surface area contributed by atoms with Crippen molar-refractivity contribution in [3.63, 3.8) is 0 Å². The van der Waals surface area contributed by atoms with E-state index in [1.165, 1.54) is 36.4 Å². The number of fused-ring (bicyclic) bond motifs is 1. The molecule has 113 heavy (non-hydrogen) atoms. The van der Waals surface area contributed by atoms with Gasteiger partial charge in [-0.3, -0.25) is 23.2 Å². The van der Waals surface area contributed by atoms with E-state index in [4.69, 9.17) is 84.6 Å². The maximum atomic E-state index is 15.8. The Hall–Kier alpha value is -10.4. The monoisotopic (exact) mass is 1570 g/mol. The van der Waals surface area contributed by atoms with Gasteiger partial charge in [0.15, 0.2) is 67.8 Å². The van der Waals surface area contributed by atoms with Crippen molar-refractivity contribution in [2.24, 2.45) is 0 Å². The molecule has 8 aromatic carbocycles. The number of benzene rings is 8. The van der Waals surface area contributed by atoms with E-state index >= 15 is 4.57 Å². The number of aryl methyl sites for hydroxylation is 3. The second kappa shape index (κ2) is 39.4. The van der Waals surface area contributed by atoms with Crippen LogP contribution in [0.25, 0.3) is 0 Å². The number of carbonyl (C=O) groups excluding carboxylic acids is 7. The molecule has 0 aliphatic carbocycles. The first kappa shape index (κ1) is 82.1. The molecule has 594 valence electrons. The summed E-state index contributed by atoms with van der Waals surface area (Å²) >= 11 is 0. The Morgan fingerprint density at radius 2 is 0.894 bits per heavy atom. The van der Waals surface area contributed by atoms with Gasteiger partial charge in [0.1, 0.15) is 43.7 Å². The van der Waals surface area contributed by atoms with Crippen LogP contribution in [0.3, 0.4) is 0 Å². The molecule has 0 radical (unpaired) electrons. The van der Waals surface area contributed by atoms with Crippen LogP contribution in [0.4, 0.5) is 4.79 Å². The van der Waals surface area contributed by atoms with Crippen LogP contribution in [-0.4, -0.2) is 165 Å². The lowest BCUT2D eigenvalue weighted by atomic mass is 9.95. The number of esters is 6. The van der Waals surface area contributed by atoms with Gasteiger partial charge in [0.25, 0.3) is 0 Å². The summed E-state index contributed by atoms with van der Waals surface area (Å²) in [6, 6.07) is 60.5. The molecular formula is C84H86NO27P. The van der Waals surface area contributed by atoms with Crippen LogP contribution in [0.1, 0.15) is 95.7 Å². The summed E-state index contributed by atoms with van der Waals surface area (Å²) in [7, 11) is -5.07. The maximum absolute atomic E-state index is 15.8. The zero-order valence-electron chi connectivity index (χ0n) is 62.3. The van der Waals surface area contributed by atoms with Gasteiger partial charge in [-0.25, -0.2) is 28.5 Å². The Balaban J connectivity index is 0.930. The summed E-state index contributed by atoms with van der Waals surface area (Å²) in [4.78, 5) is 99.9. The van der Waals surface area contributed by atoms with Crippen molar-refractivity contribution in [1.29, 1.82) is 0 Å². The van der Waals surface area contributed by atoms with E-state index in [1.54, 1.807) is 202 Å². The molecule has 4 heterocycles. The highest BCUT2D eigenvalue weighted by Crippen LogP contribution is 2.54. The zero-order valence-corrected chi connectivity index (χ0v) is 63.2. The predicted octanol–water partition coefficient (Wildman–Crippen LogP) is 11.1. The van der Waals surface area contributed by atoms with Crippen molar-refractivity contribution in [2.45, 2.75) is 159 Å². The van der Waals surface area contributed by atoms with Gasteiger partial charge >= 0.3 is 49.7 Å². The fourth-order valence-electron chi connectivity index (χ4n) is 12.7. The average molecular weight is 1570 g/mol. The molecule has 8 aromatic rings. The number of aliphatic hydroxyl groups excluding tert-OH is 1. The third-order valence-corrected chi connectivity index (χ3v) is 19.9. The summed E-state index contributed by atoms with van der Waals surface area (Å²) < 4.78 is 131. The highest BCUT2D eigenvalue weighted by molar-refractivity contribution is 7.48. The molecule has 28 nitrogen and oxygen atoms in total. The maximum Gasteiger partial charge on any atom is 0.476 e. The van der Waals surface area contributed by atoms with Crippen molar-refractivity contribution in [2.75, 3.05) is 26.4 Å². The molecule has 1 amide bonds. The summed E-state index contributed by atoms with van der Waals surface area (Å²) in [6.07, 6.45) is -27.5. The van der Waals surface area contributed by atoms with E-state index in [1.807, 2.05) is 6.92 Å². The number of rotatable bonds is 31. The molecule has 16 atom stereocenters. The van der Waals surface area contributed by atoms with Crippen LogP contribution in [-0.2, 0) is 130 Å². The Morgan fingerprint density at radius 3 is 1.39 bits per heavy atom. The van der Waals surface area contributed by atoms with Crippen LogP contribution < -0.4 is 5.32 Å². The Morgan fingerprint density at radius 1 is 0.451 bits per heavy atom. The van der Waals surface area contributed by atoms with E-state index in [-0.39, 0.29) is 36.5 Å². The summed E-state index contributed by atoms with van der Waals surface area (Å²) in [5, 5.41) is 14.0. The van der Waals surface area contributed by atoms with Gasteiger partial charge in [-0.2, -0.15) is 0 Å². The Labute approximate surface area is 651 Å². The largest absolute Gasteiger partial charge is 0.476 e. The van der Waals surface area contributed by atoms with Crippen LogP contribution in [0, 0.1) is 20.8 Å². The van der Waals surface area contributed by atoms with Crippen molar-refractivity contribution in [1.82, 2.24) is 5.32 Å². The minimum absolute atomic E-state index is 0.00262. The fraction of sp³-hybridized carbons (Fsp3) is 0.345. The number of hydrogen-bond donors (Lipinski definition) is 2. The SMILES string of the molecule is CC(=O)O[C@@H]1[C@@H](OP(=O)(OCc2ccccc2)OCc2ccccc2)[C@H](OC[C@H](NC(=O)OCc2ccccc2)C(=O)OCc2ccccc2)OC[C@H]1O[C@@H]1O[C@@H]2CO[C@H](c3ccccc3)O[C@@H]2[C@H](O[C@H]2O[C@H](CO)[C@H](OC(=O)c3ccc(C)cc3)[C@H](OC(=O)c3ccc(C)cc3)[C@H]2OC(=O)c2ccc(C)cc2)[C@H]1OC(C)=O. The van der Waals surface area contributed by atoms with Crippen molar-refractivity contribution in [3.8, 4) is 0 Å². The molecule has 0 spiro atoms. The van der Waals surface area contributed by atoms with Crippen LogP contribution in [0.15, 0.2) is 224 Å². The van der Waals surface area contributed by atoms with Crippen LogP contribution in [0.5, 0.6) is 0 Å². The van der Waals surface area contributed by atoms with Crippen LogP contribution >= 0.6 is 7.82 Å². The fourth-order valence-corrected chi connectivity index (χ4v) is 14.0. The minimum atomic E-state index is -5.07. The first-order valence-corrected chi connectivity index (χ1v) is 38.0. The van der Waals surface area contributed by atoms with Gasteiger partial charge < -0.3 is 81.5 Å². The molecule has 12 rings (SSSR count). The number of alkyl carbamates (subject to hydrolysis) is 1. The molecule has 4 fully saturated rings. The number of carbonyl (C=O) groups is 7. The second-order valence-electron chi connectivity index (χ2n) is 27.0. The van der Waals surface area contributed by atoms with Crippen molar-refractivity contribution >= 4 is 49.7 Å². The number of phosphoric acid groups is 1. The highest BCUT2D eigenvalue weighted by atomic mass is 31.2. The smallest absolute Gasteiger partial charge is 0.459 e. The third kappa shape index (κ3) is 22.5. The second-order valence-corrected chi connectivity index (χ2v) is 28.6. The van der Waals surface area contributed by atoms with Gasteiger partial charge in [0, 0.05) is 19.4 Å². The molecule has 0 aromatic heterocycles. The lowest BCUT2D eigenvalue weighted by Gasteiger charge is -2.51. The highest BCUT2D eigenvalue weighted by Gasteiger charge is 2.60. The average Bonchev–Trinajstić information content (AvgIpc) is 0.748. The van der Waals surface area contributed by atoms with E-state index in [9.17, 15) is 38.7 Å². The summed E-state index contributed by atoms with van der Waals surface area (Å²) in [5.74, 6) is -5.95. The van der Waals surface area contributed by atoms with Crippen molar-refractivity contribution < 1.29 is 128 Å². The first-order chi connectivity index (χ1) is 54.7. The number of aliphatic hydroxyl groups is 1.